The topological polar surface area (TPSA) is 113 Å². The first-order valence-corrected chi connectivity index (χ1v) is 9.14. The molecular formula is C19H17N5O3S. The predicted molar refractivity (Wildman–Crippen MR) is 108 cm³/mol. The Labute approximate surface area is 165 Å². The van der Waals surface area contributed by atoms with Crippen molar-refractivity contribution < 1.29 is 14.3 Å². The van der Waals surface area contributed by atoms with Crippen LogP contribution in [0, 0.1) is 11.3 Å². The summed E-state index contributed by atoms with van der Waals surface area (Å²) in [6, 6.07) is 7.16. The molecule has 1 aromatic carbocycles. The lowest BCUT2D eigenvalue weighted by Gasteiger charge is -2.10. The molecule has 0 unspecified atom stereocenters. The third-order valence-electron chi connectivity index (χ3n) is 3.86. The summed E-state index contributed by atoms with van der Waals surface area (Å²) in [6.07, 6.45) is 3.09. The number of anilines is 1. The molecule has 3 rings (SSSR count). The SMILES string of the molecule is C=Cc1c(C#N)ncc2[nH]c(SCC(=O)Nc3ccc(OC)c(OC)c3)nc12. The van der Waals surface area contributed by atoms with E-state index in [2.05, 4.69) is 26.8 Å². The van der Waals surface area contributed by atoms with Gasteiger partial charge in [-0.15, -0.1) is 0 Å². The van der Waals surface area contributed by atoms with Gasteiger partial charge in [0.2, 0.25) is 5.91 Å². The van der Waals surface area contributed by atoms with Crippen molar-refractivity contribution >= 4 is 40.5 Å². The van der Waals surface area contributed by atoms with Crippen LogP contribution in [-0.4, -0.2) is 40.8 Å². The first kappa shape index (κ1) is 19.3. The van der Waals surface area contributed by atoms with Gasteiger partial charge in [0.15, 0.2) is 16.7 Å². The van der Waals surface area contributed by atoms with Gasteiger partial charge >= 0.3 is 0 Å². The lowest BCUT2D eigenvalue weighted by molar-refractivity contribution is -0.113. The molecule has 9 heteroatoms. The van der Waals surface area contributed by atoms with Gasteiger partial charge in [0, 0.05) is 17.3 Å². The van der Waals surface area contributed by atoms with E-state index in [0.29, 0.717) is 38.9 Å². The Balaban J connectivity index is 1.69. The van der Waals surface area contributed by atoms with Gasteiger partial charge in [-0.3, -0.25) is 4.79 Å². The zero-order chi connectivity index (χ0) is 20.1. The molecule has 0 bridgehead atoms. The van der Waals surface area contributed by atoms with E-state index in [0.717, 1.165) is 0 Å². The second-order valence-electron chi connectivity index (χ2n) is 5.55. The highest BCUT2D eigenvalue weighted by Crippen LogP contribution is 2.30. The minimum atomic E-state index is -0.197. The predicted octanol–water partition coefficient (Wildman–Crippen LogP) is 3.22. The first-order chi connectivity index (χ1) is 13.6. The third kappa shape index (κ3) is 3.92. The number of aromatic nitrogens is 3. The van der Waals surface area contributed by atoms with Crippen molar-refractivity contribution in [2.75, 3.05) is 25.3 Å². The molecule has 2 heterocycles. The summed E-state index contributed by atoms with van der Waals surface area (Å²) in [5.74, 6) is 1.07. The van der Waals surface area contributed by atoms with Crippen molar-refractivity contribution in [3.8, 4) is 17.6 Å². The van der Waals surface area contributed by atoms with Crippen LogP contribution in [-0.2, 0) is 4.79 Å². The zero-order valence-electron chi connectivity index (χ0n) is 15.3. The van der Waals surface area contributed by atoms with Crippen LogP contribution in [0.15, 0.2) is 36.1 Å². The number of benzene rings is 1. The van der Waals surface area contributed by atoms with Crippen molar-refractivity contribution in [1.29, 1.82) is 5.26 Å². The van der Waals surface area contributed by atoms with E-state index >= 15 is 0 Å². The molecule has 3 aromatic rings. The fourth-order valence-electron chi connectivity index (χ4n) is 2.57. The number of H-pyrrole nitrogens is 1. The number of carbonyl (C=O) groups is 1. The average Bonchev–Trinajstić information content (AvgIpc) is 3.14. The normalized spacial score (nSPS) is 10.3. The molecule has 2 aromatic heterocycles. The van der Waals surface area contributed by atoms with Crippen LogP contribution in [0.25, 0.3) is 17.1 Å². The minimum Gasteiger partial charge on any atom is -0.493 e. The maximum Gasteiger partial charge on any atom is 0.234 e. The standard InChI is InChI=1S/C19H17N5O3S/c1-4-12-13(8-20)21-9-14-18(12)24-19(23-14)28-10-17(25)22-11-5-6-15(26-2)16(7-11)27-3/h4-7,9H,1,10H2,2-3H3,(H,22,25)(H,23,24). The van der Waals surface area contributed by atoms with Gasteiger partial charge in [0.25, 0.3) is 0 Å². The molecule has 0 atom stereocenters. The maximum absolute atomic E-state index is 12.3. The maximum atomic E-state index is 12.3. The second-order valence-corrected chi connectivity index (χ2v) is 6.51. The molecule has 0 aliphatic carbocycles. The Morgan fingerprint density at radius 3 is 2.86 bits per heavy atom. The van der Waals surface area contributed by atoms with E-state index in [1.165, 1.54) is 18.9 Å². The summed E-state index contributed by atoms with van der Waals surface area (Å²) >= 11 is 1.24. The number of nitrogens with one attached hydrogen (secondary N) is 2. The third-order valence-corrected chi connectivity index (χ3v) is 4.73. The number of hydrogen-bond donors (Lipinski definition) is 2. The fraction of sp³-hybridized carbons (Fsp3) is 0.158. The number of methoxy groups -OCH3 is 2. The van der Waals surface area contributed by atoms with Crippen LogP contribution in [0.5, 0.6) is 11.5 Å². The number of ether oxygens (including phenoxy) is 2. The van der Waals surface area contributed by atoms with Crippen molar-refractivity contribution in [2.24, 2.45) is 0 Å². The lowest BCUT2D eigenvalue weighted by atomic mass is 10.2. The number of hydrogen-bond acceptors (Lipinski definition) is 7. The summed E-state index contributed by atoms with van der Waals surface area (Å²) in [7, 11) is 3.08. The van der Waals surface area contributed by atoms with Gasteiger partial charge in [-0.05, 0) is 12.1 Å². The molecule has 8 nitrogen and oxygen atoms in total. The van der Waals surface area contributed by atoms with Gasteiger partial charge in [-0.1, -0.05) is 24.4 Å². The molecule has 0 spiro atoms. The van der Waals surface area contributed by atoms with Crippen molar-refractivity contribution in [3.05, 3.63) is 42.2 Å². The summed E-state index contributed by atoms with van der Waals surface area (Å²) < 4.78 is 10.4. The fourth-order valence-corrected chi connectivity index (χ4v) is 3.25. The number of pyridine rings is 1. The van der Waals surface area contributed by atoms with Crippen molar-refractivity contribution in [3.63, 3.8) is 0 Å². The molecule has 0 aliphatic rings. The van der Waals surface area contributed by atoms with Crippen LogP contribution >= 0.6 is 11.8 Å². The Morgan fingerprint density at radius 1 is 1.39 bits per heavy atom. The smallest absolute Gasteiger partial charge is 0.234 e. The number of nitriles is 1. The first-order valence-electron chi connectivity index (χ1n) is 8.15. The molecule has 0 radical (unpaired) electrons. The van der Waals surface area contributed by atoms with Crippen LogP contribution in [0.1, 0.15) is 11.3 Å². The van der Waals surface area contributed by atoms with E-state index in [4.69, 9.17) is 14.7 Å². The van der Waals surface area contributed by atoms with Gasteiger partial charge in [-0.2, -0.15) is 5.26 Å². The molecule has 0 saturated carbocycles. The molecule has 28 heavy (non-hydrogen) atoms. The molecular weight excluding hydrogens is 378 g/mol. The van der Waals surface area contributed by atoms with Gasteiger partial charge < -0.3 is 19.8 Å². The lowest BCUT2D eigenvalue weighted by Crippen LogP contribution is -2.14. The number of rotatable bonds is 7. The van der Waals surface area contributed by atoms with E-state index < -0.39 is 0 Å². The highest BCUT2D eigenvalue weighted by atomic mass is 32.2. The number of imidazole rings is 1. The highest BCUT2D eigenvalue weighted by molar-refractivity contribution is 7.99. The summed E-state index contributed by atoms with van der Waals surface area (Å²) in [6.45, 7) is 3.71. The van der Waals surface area contributed by atoms with Crippen LogP contribution < -0.4 is 14.8 Å². The molecule has 0 aliphatic heterocycles. The van der Waals surface area contributed by atoms with E-state index in [1.807, 2.05) is 6.07 Å². The molecule has 142 valence electrons. The summed E-state index contributed by atoms with van der Waals surface area (Å²) in [5.41, 5.74) is 2.71. The Kier molecular flexibility index (Phi) is 5.81. The van der Waals surface area contributed by atoms with Crippen molar-refractivity contribution in [2.45, 2.75) is 5.16 Å². The number of fused-ring (bicyclic) bond motifs is 1. The van der Waals surface area contributed by atoms with E-state index in [-0.39, 0.29) is 17.4 Å². The quantitative estimate of drug-likeness (QED) is 0.591. The number of amides is 1. The molecule has 0 fully saturated rings. The largest absolute Gasteiger partial charge is 0.493 e. The van der Waals surface area contributed by atoms with E-state index in [1.54, 1.807) is 37.6 Å². The Morgan fingerprint density at radius 2 is 2.18 bits per heavy atom. The van der Waals surface area contributed by atoms with Gasteiger partial charge in [-0.25, -0.2) is 9.97 Å². The molecule has 0 saturated heterocycles. The Bertz CT molecular complexity index is 1090. The van der Waals surface area contributed by atoms with Crippen LogP contribution in [0.4, 0.5) is 5.69 Å². The number of aromatic amines is 1. The number of carbonyl (C=O) groups excluding carboxylic acids is 1. The van der Waals surface area contributed by atoms with Crippen LogP contribution in [0.2, 0.25) is 0 Å². The molecule has 1 amide bonds. The second kappa shape index (κ2) is 8.45. The average molecular weight is 395 g/mol. The number of thioether (sulfide) groups is 1. The minimum absolute atomic E-state index is 0.149. The van der Waals surface area contributed by atoms with Gasteiger partial charge in [0.1, 0.15) is 17.3 Å². The van der Waals surface area contributed by atoms with Crippen molar-refractivity contribution in [1.82, 2.24) is 15.0 Å². The van der Waals surface area contributed by atoms with E-state index in [9.17, 15) is 4.79 Å². The summed E-state index contributed by atoms with van der Waals surface area (Å²) in [5, 5.41) is 12.5. The zero-order valence-corrected chi connectivity index (χ0v) is 16.1. The monoisotopic (exact) mass is 395 g/mol. The Hall–Kier alpha value is -3.51. The van der Waals surface area contributed by atoms with Crippen LogP contribution in [0.3, 0.4) is 0 Å². The summed E-state index contributed by atoms with van der Waals surface area (Å²) in [4.78, 5) is 23.9. The number of nitrogens with zero attached hydrogens (tertiary/aromatic N) is 3. The van der Waals surface area contributed by atoms with Gasteiger partial charge in [0.05, 0.1) is 31.7 Å². The molecule has 2 N–H and O–H groups in total. The highest BCUT2D eigenvalue weighted by Gasteiger charge is 2.13.